The average molecular weight is 264 g/mol. The van der Waals surface area contributed by atoms with Gasteiger partial charge >= 0.3 is 0 Å². The van der Waals surface area contributed by atoms with Gasteiger partial charge in [-0.05, 0) is 25.5 Å². The number of hydrogen-bond donors (Lipinski definition) is 3. The van der Waals surface area contributed by atoms with Crippen LogP contribution in [0.3, 0.4) is 0 Å². The highest BCUT2D eigenvalue weighted by atomic mass is 16.3. The van der Waals surface area contributed by atoms with Gasteiger partial charge in [-0.15, -0.1) is 0 Å². The van der Waals surface area contributed by atoms with E-state index in [-0.39, 0.29) is 6.61 Å². The van der Waals surface area contributed by atoms with Crippen molar-refractivity contribution in [3.8, 4) is 0 Å². The zero-order chi connectivity index (χ0) is 13.5. The van der Waals surface area contributed by atoms with Crippen molar-refractivity contribution in [2.75, 3.05) is 32.0 Å². The standard InChI is InChI=1S/C14H24N4O/c15-14-12(4-3-6-17-14)10-16-7-9-18-8-2-1-5-13(18)11-19/h3-4,6,13,16,19H,1-2,5,7-11H2,(H2,15,17). The van der Waals surface area contributed by atoms with Crippen LogP contribution in [0.25, 0.3) is 0 Å². The fourth-order valence-electron chi connectivity index (χ4n) is 2.61. The van der Waals surface area contributed by atoms with Crippen LogP contribution >= 0.6 is 0 Å². The second-order valence-corrected chi connectivity index (χ2v) is 5.09. The summed E-state index contributed by atoms with van der Waals surface area (Å²) in [6, 6.07) is 4.24. The number of piperidine rings is 1. The first-order valence-corrected chi connectivity index (χ1v) is 7.06. The zero-order valence-corrected chi connectivity index (χ0v) is 11.4. The third-order valence-electron chi connectivity index (χ3n) is 3.78. The van der Waals surface area contributed by atoms with Gasteiger partial charge in [0.1, 0.15) is 5.82 Å². The average Bonchev–Trinajstić information content (AvgIpc) is 2.45. The maximum Gasteiger partial charge on any atom is 0.127 e. The highest BCUT2D eigenvalue weighted by molar-refractivity contribution is 5.38. The molecule has 5 nitrogen and oxygen atoms in total. The lowest BCUT2D eigenvalue weighted by atomic mass is 10.0. The van der Waals surface area contributed by atoms with E-state index in [1.165, 1.54) is 12.8 Å². The number of nitrogens with two attached hydrogens (primary N) is 1. The van der Waals surface area contributed by atoms with Gasteiger partial charge in [0.25, 0.3) is 0 Å². The molecular formula is C14H24N4O. The number of rotatable bonds is 6. The van der Waals surface area contributed by atoms with E-state index in [2.05, 4.69) is 15.2 Å². The Morgan fingerprint density at radius 2 is 2.37 bits per heavy atom. The number of hydrogen-bond acceptors (Lipinski definition) is 5. The second kappa shape index (κ2) is 7.43. The minimum absolute atomic E-state index is 0.273. The Balaban J connectivity index is 1.70. The van der Waals surface area contributed by atoms with Gasteiger partial charge in [-0.25, -0.2) is 4.98 Å². The summed E-state index contributed by atoms with van der Waals surface area (Å²) in [6.07, 6.45) is 5.30. The maximum atomic E-state index is 9.35. The van der Waals surface area contributed by atoms with Crippen molar-refractivity contribution >= 4 is 5.82 Å². The summed E-state index contributed by atoms with van der Waals surface area (Å²) < 4.78 is 0. The fourth-order valence-corrected chi connectivity index (χ4v) is 2.61. The molecule has 0 saturated carbocycles. The molecule has 1 aliphatic heterocycles. The number of likely N-dealkylation sites (tertiary alicyclic amines) is 1. The van der Waals surface area contributed by atoms with Crippen LogP contribution in [-0.4, -0.2) is 47.3 Å². The quantitative estimate of drug-likeness (QED) is 0.656. The number of aliphatic hydroxyl groups is 1. The third-order valence-corrected chi connectivity index (χ3v) is 3.78. The number of pyridine rings is 1. The Hall–Kier alpha value is -1.17. The molecule has 1 aromatic heterocycles. The number of nitrogen functional groups attached to an aromatic ring is 1. The van der Waals surface area contributed by atoms with Gasteiger partial charge < -0.3 is 16.2 Å². The van der Waals surface area contributed by atoms with Crippen LogP contribution in [0.15, 0.2) is 18.3 Å². The minimum Gasteiger partial charge on any atom is -0.395 e. The van der Waals surface area contributed by atoms with Crippen molar-refractivity contribution in [1.29, 1.82) is 0 Å². The number of nitrogens with one attached hydrogen (secondary N) is 1. The lowest BCUT2D eigenvalue weighted by Crippen LogP contribution is -2.44. The summed E-state index contributed by atoms with van der Waals surface area (Å²) in [5, 5.41) is 12.7. The van der Waals surface area contributed by atoms with Gasteiger partial charge in [0.15, 0.2) is 0 Å². The maximum absolute atomic E-state index is 9.35. The SMILES string of the molecule is Nc1ncccc1CNCCN1CCCCC1CO. The molecule has 106 valence electrons. The molecule has 4 N–H and O–H groups in total. The first-order valence-electron chi connectivity index (χ1n) is 7.06. The van der Waals surface area contributed by atoms with Crippen molar-refractivity contribution in [1.82, 2.24) is 15.2 Å². The largest absolute Gasteiger partial charge is 0.395 e. The molecule has 0 radical (unpaired) electrons. The molecule has 1 atom stereocenters. The fraction of sp³-hybridized carbons (Fsp3) is 0.643. The molecule has 2 rings (SSSR count). The van der Waals surface area contributed by atoms with Crippen LogP contribution in [-0.2, 0) is 6.54 Å². The van der Waals surface area contributed by atoms with Crippen molar-refractivity contribution in [3.63, 3.8) is 0 Å². The molecule has 0 aromatic carbocycles. The molecule has 1 unspecified atom stereocenters. The van der Waals surface area contributed by atoms with Gasteiger partial charge in [0, 0.05) is 37.4 Å². The molecule has 1 aliphatic rings. The molecule has 19 heavy (non-hydrogen) atoms. The van der Waals surface area contributed by atoms with Crippen LogP contribution in [0.4, 0.5) is 5.82 Å². The second-order valence-electron chi connectivity index (χ2n) is 5.09. The van der Waals surface area contributed by atoms with Crippen LogP contribution in [0.2, 0.25) is 0 Å². The topological polar surface area (TPSA) is 74.4 Å². The number of nitrogens with zero attached hydrogens (tertiary/aromatic N) is 2. The minimum atomic E-state index is 0.273. The van der Waals surface area contributed by atoms with E-state index in [9.17, 15) is 5.11 Å². The first kappa shape index (κ1) is 14.2. The van der Waals surface area contributed by atoms with E-state index in [0.717, 1.165) is 38.2 Å². The Morgan fingerprint density at radius 1 is 1.47 bits per heavy atom. The van der Waals surface area contributed by atoms with Crippen molar-refractivity contribution in [2.45, 2.75) is 31.8 Å². The Morgan fingerprint density at radius 3 is 3.16 bits per heavy atom. The van der Waals surface area contributed by atoms with E-state index in [1.54, 1.807) is 6.20 Å². The predicted molar refractivity (Wildman–Crippen MR) is 76.7 cm³/mol. The molecule has 1 fully saturated rings. The highest BCUT2D eigenvalue weighted by Gasteiger charge is 2.20. The lowest BCUT2D eigenvalue weighted by Gasteiger charge is -2.34. The van der Waals surface area contributed by atoms with Gasteiger partial charge in [-0.1, -0.05) is 12.5 Å². The Labute approximate surface area is 114 Å². The van der Waals surface area contributed by atoms with Crippen LogP contribution in [0.5, 0.6) is 0 Å². The third kappa shape index (κ3) is 4.16. The van der Waals surface area contributed by atoms with E-state index in [1.807, 2.05) is 12.1 Å². The highest BCUT2D eigenvalue weighted by Crippen LogP contribution is 2.15. The Kier molecular flexibility index (Phi) is 5.57. The van der Waals surface area contributed by atoms with Crippen molar-refractivity contribution < 1.29 is 5.11 Å². The normalized spacial score (nSPS) is 20.6. The summed E-state index contributed by atoms with van der Waals surface area (Å²) >= 11 is 0. The van der Waals surface area contributed by atoms with Crippen molar-refractivity contribution in [2.24, 2.45) is 0 Å². The van der Waals surface area contributed by atoms with E-state index in [0.29, 0.717) is 11.9 Å². The van der Waals surface area contributed by atoms with Gasteiger partial charge in [-0.3, -0.25) is 4.90 Å². The first-order chi connectivity index (χ1) is 9.31. The summed E-state index contributed by atoms with van der Waals surface area (Å²) in [6.45, 7) is 4.00. The molecule has 0 aliphatic carbocycles. The number of aliphatic hydroxyl groups excluding tert-OH is 1. The summed E-state index contributed by atoms with van der Waals surface area (Å²) in [5.74, 6) is 0.598. The van der Waals surface area contributed by atoms with Gasteiger partial charge in [-0.2, -0.15) is 0 Å². The molecule has 0 spiro atoms. The van der Waals surface area contributed by atoms with E-state index < -0.39 is 0 Å². The summed E-state index contributed by atoms with van der Waals surface area (Å²) in [5.41, 5.74) is 6.84. The molecule has 1 saturated heterocycles. The number of aromatic nitrogens is 1. The number of anilines is 1. The summed E-state index contributed by atoms with van der Waals surface area (Å²) in [7, 11) is 0. The van der Waals surface area contributed by atoms with Crippen LogP contribution < -0.4 is 11.1 Å². The smallest absolute Gasteiger partial charge is 0.127 e. The summed E-state index contributed by atoms with van der Waals surface area (Å²) in [4.78, 5) is 6.45. The monoisotopic (exact) mass is 264 g/mol. The molecular weight excluding hydrogens is 240 g/mol. The van der Waals surface area contributed by atoms with E-state index in [4.69, 9.17) is 5.73 Å². The zero-order valence-electron chi connectivity index (χ0n) is 11.4. The van der Waals surface area contributed by atoms with Crippen LogP contribution in [0.1, 0.15) is 24.8 Å². The Bertz CT molecular complexity index is 385. The molecule has 1 aromatic rings. The van der Waals surface area contributed by atoms with Gasteiger partial charge in [0.2, 0.25) is 0 Å². The molecule has 2 heterocycles. The molecule has 0 bridgehead atoms. The van der Waals surface area contributed by atoms with E-state index >= 15 is 0 Å². The van der Waals surface area contributed by atoms with Crippen LogP contribution in [0, 0.1) is 0 Å². The predicted octanol–water partition coefficient (Wildman–Crippen LogP) is 0.600. The lowest BCUT2D eigenvalue weighted by molar-refractivity contribution is 0.0910. The molecule has 0 amide bonds. The molecule has 5 heteroatoms. The van der Waals surface area contributed by atoms with Crippen molar-refractivity contribution in [3.05, 3.63) is 23.9 Å². The van der Waals surface area contributed by atoms with Gasteiger partial charge in [0.05, 0.1) is 6.61 Å².